The van der Waals surface area contributed by atoms with Crippen LogP contribution in [0.5, 0.6) is 0 Å². The van der Waals surface area contributed by atoms with Gasteiger partial charge in [-0.2, -0.15) is 13.2 Å². The Bertz CT molecular complexity index is 678. The van der Waals surface area contributed by atoms with E-state index in [2.05, 4.69) is 10.2 Å². The first kappa shape index (κ1) is 17.8. The van der Waals surface area contributed by atoms with E-state index in [1.807, 2.05) is 0 Å². The Labute approximate surface area is 151 Å². The molecule has 3 aliphatic rings. The van der Waals surface area contributed by atoms with E-state index in [9.17, 15) is 18.0 Å². The third kappa shape index (κ3) is 3.61. The highest BCUT2D eigenvalue weighted by Gasteiger charge is 2.37. The molecule has 26 heavy (non-hydrogen) atoms. The lowest BCUT2D eigenvalue weighted by atomic mass is 9.98. The zero-order valence-corrected chi connectivity index (χ0v) is 14.8. The summed E-state index contributed by atoms with van der Waals surface area (Å²) in [6.07, 6.45) is 2.91. The summed E-state index contributed by atoms with van der Waals surface area (Å²) in [5.74, 6) is -0.118. The highest BCUT2D eigenvalue weighted by Crippen LogP contribution is 2.43. The Hall–Kier alpha value is -1.56. The monoisotopic (exact) mass is 366 g/mol. The van der Waals surface area contributed by atoms with Gasteiger partial charge in [0.1, 0.15) is 0 Å². The van der Waals surface area contributed by atoms with Crippen molar-refractivity contribution in [3.63, 3.8) is 0 Å². The number of benzene rings is 1. The van der Waals surface area contributed by atoms with E-state index in [0.29, 0.717) is 17.2 Å². The van der Waals surface area contributed by atoms with Gasteiger partial charge < -0.3 is 5.32 Å². The van der Waals surface area contributed by atoms with E-state index >= 15 is 0 Å². The molecule has 4 rings (SSSR count). The van der Waals surface area contributed by atoms with Crippen LogP contribution in [0.25, 0.3) is 0 Å². The minimum absolute atomic E-state index is 0.0935. The molecule has 1 aromatic carbocycles. The molecule has 2 aliphatic carbocycles. The van der Waals surface area contributed by atoms with E-state index in [-0.39, 0.29) is 17.9 Å². The molecule has 6 heteroatoms. The molecule has 1 aromatic rings. The quantitative estimate of drug-likeness (QED) is 0.860. The van der Waals surface area contributed by atoms with Crippen molar-refractivity contribution in [2.24, 2.45) is 0 Å². The van der Waals surface area contributed by atoms with Gasteiger partial charge in [-0.1, -0.05) is 0 Å². The van der Waals surface area contributed by atoms with Gasteiger partial charge in [0.05, 0.1) is 5.56 Å². The number of halogens is 3. The maximum atomic E-state index is 13.0. The molecule has 1 N–H and O–H groups in total. The van der Waals surface area contributed by atoms with Crippen LogP contribution >= 0.6 is 0 Å². The molecular formula is C20H25F3N2O. The van der Waals surface area contributed by atoms with E-state index in [0.717, 1.165) is 51.3 Å². The van der Waals surface area contributed by atoms with Crippen LogP contribution in [-0.2, 0) is 6.18 Å². The van der Waals surface area contributed by atoms with Gasteiger partial charge in [-0.15, -0.1) is 0 Å². The van der Waals surface area contributed by atoms with E-state index in [4.69, 9.17) is 0 Å². The number of alkyl halides is 3. The summed E-state index contributed by atoms with van der Waals surface area (Å²) in [6.45, 7) is 2.18. The van der Waals surface area contributed by atoms with Crippen LogP contribution < -0.4 is 5.32 Å². The van der Waals surface area contributed by atoms with Crippen molar-refractivity contribution in [3.8, 4) is 0 Å². The molecule has 1 aliphatic heterocycles. The van der Waals surface area contributed by atoms with Gasteiger partial charge in [-0.25, -0.2) is 0 Å². The van der Waals surface area contributed by atoms with Crippen molar-refractivity contribution in [2.45, 2.75) is 69.1 Å². The molecule has 2 atom stereocenters. The zero-order chi connectivity index (χ0) is 18.3. The summed E-state index contributed by atoms with van der Waals surface area (Å²) in [5, 5.41) is 3.14. The van der Waals surface area contributed by atoms with E-state index < -0.39 is 11.7 Å². The van der Waals surface area contributed by atoms with Gasteiger partial charge in [0.25, 0.3) is 5.91 Å². The maximum absolute atomic E-state index is 13.0. The van der Waals surface area contributed by atoms with Crippen LogP contribution in [0.3, 0.4) is 0 Å². The molecule has 3 fully saturated rings. The molecule has 0 bridgehead atoms. The minimum atomic E-state index is -4.37. The van der Waals surface area contributed by atoms with Crippen LogP contribution in [-0.4, -0.2) is 36.0 Å². The van der Waals surface area contributed by atoms with Crippen LogP contribution in [0.2, 0.25) is 0 Å². The van der Waals surface area contributed by atoms with Crippen LogP contribution in [0.1, 0.15) is 72.3 Å². The predicted octanol–water partition coefficient (Wildman–Crippen LogP) is 4.33. The van der Waals surface area contributed by atoms with Gasteiger partial charge in [-0.3, -0.25) is 9.69 Å². The molecule has 0 radical (unpaired) electrons. The number of carbonyl (C=O) groups is 1. The first-order valence-corrected chi connectivity index (χ1v) is 9.69. The van der Waals surface area contributed by atoms with Gasteiger partial charge in [0.15, 0.2) is 0 Å². The number of carbonyl (C=O) groups excluding carboxylic acids is 1. The normalized spacial score (nSPS) is 27.0. The fraction of sp³-hybridized carbons (Fsp3) is 0.650. The van der Waals surface area contributed by atoms with Gasteiger partial charge in [0, 0.05) is 17.6 Å². The molecule has 0 aromatic heterocycles. The van der Waals surface area contributed by atoms with Crippen molar-refractivity contribution < 1.29 is 18.0 Å². The molecule has 1 amide bonds. The molecule has 0 spiro atoms. The SMILES string of the molecule is O=C(NC1CCCC1N1CCCC1)c1ccc(C(F)(F)F)cc1C1CC1. The largest absolute Gasteiger partial charge is 0.416 e. The number of amides is 1. The highest BCUT2D eigenvalue weighted by molar-refractivity contribution is 5.96. The second kappa shape index (κ2) is 6.87. The summed E-state index contributed by atoms with van der Waals surface area (Å²) in [4.78, 5) is 15.3. The van der Waals surface area contributed by atoms with Gasteiger partial charge >= 0.3 is 6.18 Å². The molecule has 2 unspecified atom stereocenters. The standard InChI is InChI=1S/C20H25F3N2O/c21-20(22,23)14-8-9-15(16(12-14)13-6-7-13)19(26)24-17-4-3-5-18(17)25-10-1-2-11-25/h8-9,12-13,17-18H,1-7,10-11H2,(H,24,26). The molecular weight excluding hydrogens is 341 g/mol. The molecule has 2 saturated carbocycles. The number of rotatable bonds is 4. The fourth-order valence-corrected chi connectivity index (χ4v) is 4.54. The second-order valence-corrected chi connectivity index (χ2v) is 7.90. The first-order chi connectivity index (χ1) is 12.4. The van der Waals surface area contributed by atoms with Crippen molar-refractivity contribution in [2.75, 3.05) is 13.1 Å². The molecule has 1 heterocycles. The summed E-state index contributed by atoms with van der Waals surface area (Å²) >= 11 is 0. The molecule has 1 saturated heterocycles. The summed E-state index contributed by atoms with van der Waals surface area (Å²) in [5.41, 5.74) is 0.326. The summed E-state index contributed by atoms with van der Waals surface area (Å²) < 4.78 is 39.1. The lowest BCUT2D eigenvalue weighted by molar-refractivity contribution is -0.137. The van der Waals surface area contributed by atoms with Crippen LogP contribution in [0.4, 0.5) is 13.2 Å². The van der Waals surface area contributed by atoms with E-state index in [1.165, 1.54) is 25.0 Å². The van der Waals surface area contributed by atoms with Crippen molar-refractivity contribution in [3.05, 3.63) is 34.9 Å². The van der Waals surface area contributed by atoms with E-state index in [1.54, 1.807) is 0 Å². The van der Waals surface area contributed by atoms with Gasteiger partial charge in [0.2, 0.25) is 0 Å². The van der Waals surface area contributed by atoms with Crippen LogP contribution in [0.15, 0.2) is 18.2 Å². The fourth-order valence-electron chi connectivity index (χ4n) is 4.54. The zero-order valence-electron chi connectivity index (χ0n) is 14.8. The molecule has 142 valence electrons. The highest BCUT2D eigenvalue weighted by atomic mass is 19.4. The third-order valence-corrected chi connectivity index (χ3v) is 6.05. The minimum Gasteiger partial charge on any atom is -0.348 e. The Morgan fingerprint density at radius 3 is 2.42 bits per heavy atom. The Morgan fingerprint density at radius 2 is 1.77 bits per heavy atom. The van der Waals surface area contributed by atoms with Crippen molar-refractivity contribution in [1.82, 2.24) is 10.2 Å². The van der Waals surface area contributed by atoms with Gasteiger partial charge in [-0.05, 0) is 87.7 Å². The topological polar surface area (TPSA) is 32.3 Å². The number of nitrogens with zero attached hydrogens (tertiary/aromatic N) is 1. The number of hydrogen-bond acceptors (Lipinski definition) is 2. The van der Waals surface area contributed by atoms with Crippen molar-refractivity contribution >= 4 is 5.91 Å². The average Bonchev–Trinajstić information content (AvgIpc) is 3.11. The first-order valence-electron chi connectivity index (χ1n) is 9.69. The number of nitrogens with one attached hydrogen (secondary N) is 1. The average molecular weight is 366 g/mol. The second-order valence-electron chi connectivity index (χ2n) is 7.90. The van der Waals surface area contributed by atoms with Crippen LogP contribution in [0, 0.1) is 0 Å². The third-order valence-electron chi connectivity index (χ3n) is 6.05. The maximum Gasteiger partial charge on any atom is 0.416 e. The predicted molar refractivity (Wildman–Crippen MR) is 93.1 cm³/mol. The summed E-state index contributed by atoms with van der Waals surface area (Å²) in [7, 11) is 0. The lowest BCUT2D eigenvalue weighted by Gasteiger charge is -2.30. The Morgan fingerprint density at radius 1 is 1.04 bits per heavy atom. The Balaban J connectivity index is 1.52. The number of hydrogen-bond donors (Lipinski definition) is 1. The Kier molecular flexibility index (Phi) is 4.71. The molecule has 3 nitrogen and oxygen atoms in total. The van der Waals surface area contributed by atoms with Crippen molar-refractivity contribution in [1.29, 1.82) is 0 Å². The smallest absolute Gasteiger partial charge is 0.348 e. The number of likely N-dealkylation sites (tertiary alicyclic amines) is 1. The lowest BCUT2D eigenvalue weighted by Crippen LogP contribution is -2.47. The summed E-state index contributed by atoms with van der Waals surface area (Å²) in [6, 6.07) is 4.06.